The summed E-state index contributed by atoms with van der Waals surface area (Å²) < 4.78 is 122. The van der Waals surface area contributed by atoms with Crippen molar-refractivity contribution in [3.63, 3.8) is 0 Å². The molecule has 1 unspecified atom stereocenters. The summed E-state index contributed by atoms with van der Waals surface area (Å²) in [6.07, 6.45) is -9.21. The summed E-state index contributed by atoms with van der Waals surface area (Å²) in [6.45, 7) is 0. The van der Waals surface area contributed by atoms with E-state index < -0.39 is 54.3 Å². The summed E-state index contributed by atoms with van der Waals surface area (Å²) >= 11 is 0. The molecular formula is C16H17F9O4. The van der Waals surface area contributed by atoms with E-state index >= 15 is 0 Å². The number of carboxylic acids is 1. The summed E-state index contributed by atoms with van der Waals surface area (Å²) in [7, 11) is 0. The molecule has 13 heteroatoms. The highest BCUT2D eigenvalue weighted by molar-refractivity contribution is 5.90. The maximum atomic E-state index is 14.0. The van der Waals surface area contributed by atoms with Gasteiger partial charge in [0.2, 0.25) is 0 Å². The number of ether oxygens (including phenoxy) is 1. The molecule has 1 saturated carbocycles. The van der Waals surface area contributed by atoms with Crippen molar-refractivity contribution in [2.75, 3.05) is 0 Å². The zero-order chi connectivity index (χ0) is 22.7. The minimum atomic E-state index is -7.03. The first-order chi connectivity index (χ1) is 13.0. The molecule has 168 valence electrons. The third-order valence-electron chi connectivity index (χ3n) is 4.47. The monoisotopic (exact) mass is 444 g/mol. The van der Waals surface area contributed by atoms with E-state index in [4.69, 9.17) is 5.11 Å². The van der Waals surface area contributed by atoms with Crippen molar-refractivity contribution in [3.8, 4) is 0 Å². The molecule has 0 aromatic heterocycles. The lowest BCUT2D eigenvalue weighted by atomic mass is 9.82. The van der Waals surface area contributed by atoms with Gasteiger partial charge in [0.25, 0.3) is 0 Å². The van der Waals surface area contributed by atoms with Gasteiger partial charge in [-0.05, 0) is 18.8 Å². The average molecular weight is 444 g/mol. The first kappa shape index (κ1) is 25.1. The highest BCUT2D eigenvalue weighted by Crippen LogP contribution is 2.55. The van der Waals surface area contributed by atoms with E-state index in [0.29, 0.717) is 19.3 Å². The number of carboxylic acid groups (broad SMARTS) is 1. The van der Waals surface area contributed by atoms with Gasteiger partial charge in [0.1, 0.15) is 6.10 Å². The second-order valence-corrected chi connectivity index (χ2v) is 6.60. The average Bonchev–Trinajstić information content (AvgIpc) is 2.58. The van der Waals surface area contributed by atoms with E-state index in [-0.39, 0.29) is 25.0 Å². The second kappa shape index (κ2) is 8.82. The highest BCUT2D eigenvalue weighted by Gasteiger charge is 2.81. The van der Waals surface area contributed by atoms with Gasteiger partial charge in [0, 0.05) is 12.2 Å². The fraction of sp³-hybridized carbons (Fsp3) is 0.750. The fourth-order valence-corrected chi connectivity index (χ4v) is 2.93. The molecule has 1 aliphatic carbocycles. The number of esters is 1. The Balaban J connectivity index is 3.15. The summed E-state index contributed by atoms with van der Waals surface area (Å²) in [6, 6.07) is 0. The van der Waals surface area contributed by atoms with Crippen LogP contribution in [0.2, 0.25) is 0 Å². The lowest BCUT2D eigenvalue weighted by molar-refractivity contribution is -0.398. The molecule has 0 aliphatic heterocycles. The molecule has 0 aromatic carbocycles. The van der Waals surface area contributed by atoms with Crippen molar-refractivity contribution < 1.29 is 58.9 Å². The van der Waals surface area contributed by atoms with Crippen molar-refractivity contribution in [1.29, 1.82) is 0 Å². The first-order valence-corrected chi connectivity index (χ1v) is 8.34. The normalized spacial score (nSPS) is 18.7. The lowest BCUT2D eigenvalue weighted by Crippen LogP contribution is -2.61. The van der Waals surface area contributed by atoms with Gasteiger partial charge in [0.05, 0.1) is 6.42 Å². The predicted molar refractivity (Wildman–Crippen MR) is 78.7 cm³/mol. The second-order valence-electron chi connectivity index (χ2n) is 6.60. The Kier molecular flexibility index (Phi) is 7.63. The molecule has 0 amide bonds. The molecule has 0 spiro atoms. The van der Waals surface area contributed by atoms with Crippen LogP contribution >= 0.6 is 0 Å². The number of aliphatic carboxylic acids is 1. The van der Waals surface area contributed by atoms with Crippen LogP contribution in [0.15, 0.2) is 12.2 Å². The Morgan fingerprint density at radius 1 is 0.897 bits per heavy atom. The van der Waals surface area contributed by atoms with E-state index in [1.165, 1.54) is 0 Å². The smallest absolute Gasteiger partial charge is 0.460 e. The van der Waals surface area contributed by atoms with Gasteiger partial charge < -0.3 is 9.84 Å². The molecule has 0 bridgehead atoms. The number of halogens is 9. The van der Waals surface area contributed by atoms with Crippen LogP contribution in [0.3, 0.4) is 0 Å². The molecule has 1 N–H and O–H groups in total. The largest absolute Gasteiger partial charge is 0.478 e. The molecule has 0 aromatic rings. The van der Waals surface area contributed by atoms with Gasteiger partial charge in [-0.1, -0.05) is 19.3 Å². The van der Waals surface area contributed by atoms with Crippen molar-refractivity contribution in [3.05, 3.63) is 12.2 Å². The summed E-state index contributed by atoms with van der Waals surface area (Å²) in [4.78, 5) is 21.9. The summed E-state index contributed by atoms with van der Waals surface area (Å²) in [5.41, 5.74) is 0. The van der Waals surface area contributed by atoms with Crippen LogP contribution in [-0.2, 0) is 14.3 Å². The van der Waals surface area contributed by atoms with Crippen molar-refractivity contribution in [2.24, 2.45) is 5.92 Å². The van der Waals surface area contributed by atoms with E-state index in [1.807, 2.05) is 0 Å². The minimum absolute atomic E-state index is 0.0813. The third kappa shape index (κ3) is 5.78. The molecule has 1 aliphatic rings. The Labute approximate surface area is 158 Å². The molecule has 1 rings (SSSR count). The van der Waals surface area contributed by atoms with Gasteiger partial charge in [0.15, 0.2) is 0 Å². The van der Waals surface area contributed by atoms with Crippen LogP contribution in [0, 0.1) is 5.92 Å². The SMILES string of the molecule is O=C(O)C=CC(=O)OC(CC(F)(F)C(F)(F)C(F)(F)C(F)(F)F)C1CCCCC1. The molecule has 29 heavy (non-hydrogen) atoms. The molecule has 0 radical (unpaired) electrons. The number of rotatable bonds is 8. The van der Waals surface area contributed by atoms with E-state index in [1.54, 1.807) is 0 Å². The maximum Gasteiger partial charge on any atom is 0.460 e. The molecule has 1 atom stereocenters. The van der Waals surface area contributed by atoms with E-state index in [2.05, 4.69) is 4.74 Å². The van der Waals surface area contributed by atoms with E-state index in [9.17, 15) is 49.1 Å². The molecular weight excluding hydrogens is 427 g/mol. The minimum Gasteiger partial charge on any atom is -0.478 e. The number of carbonyl (C=O) groups excluding carboxylic acids is 1. The van der Waals surface area contributed by atoms with Crippen LogP contribution in [-0.4, -0.2) is 47.1 Å². The Morgan fingerprint density at radius 3 is 1.86 bits per heavy atom. The lowest BCUT2D eigenvalue weighted by Gasteiger charge is -2.37. The zero-order valence-electron chi connectivity index (χ0n) is 14.6. The Hall–Kier alpha value is -1.95. The van der Waals surface area contributed by atoms with E-state index in [0.717, 1.165) is 0 Å². The Morgan fingerprint density at radius 2 is 1.41 bits per heavy atom. The van der Waals surface area contributed by atoms with Crippen molar-refractivity contribution in [2.45, 2.75) is 68.6 Å². The van der Waals surface area contributed by atoms with Gasteiger partial charge in [-0.2, -0.15) is 39.5 Å². The molecule has 1 fully saturated rings. The zero-order valence-corrected chi connectivity index (χ0v) is 14.6. The molecule has 0 heterocycles. The number of hydrogen-bond donors (Lipinski definition) is 1. The van der Waals surface area contributed by atoms with Crippen LogP contribution in [0.25, 0.3) is 0 Å². The number of hydrogen-bond acceptors (Lipinski definition) is 3. The van der Waals surface area contributed by atoms with Crippen LogP contribution in [0.4, 0.5) is 39.5 Å². The molecule has 0 saturated heterocycles. The van der Waals surface area contributed by atoms with Gasteiger partial charge >= 0.3 is 35.9 Å². The van der Waals surface area contributed by atoms with Crippen molar-refractivity contribution >= 4 is 11.9 Å². The van der Waals surface area contributed by atoms with Crippen LogP contribution < -0.4 is 0 Å². The predicted octanol–water partition coefficient (Wildman–Crippen LogP) is 4.98. The quantitative estimate of drug-likeness (QED) is 0.326. The van der Waals surface area contributed by atoms with Gasteiger partial charge in [-0.15, -0.1) is 0 Å². The van der Waals surface area contributed by atoms with Gasteiger partial charge in [-0.25, -0.2) is 9.59 Å². The van der Waals surface area contributed by atoms with Crippen LogP contribution in [0.5, 0.6) is 0 Å². The van der Waals surface area contributed by atoms with Gasteiger partial charge in [-0.3, -0.25) is 0 Å². The standard InChI is InChI=1S/C16H17F9O4/c17-13(18,14(19,20)15(21,22)16(23,24)25)8-10(9-4-2-1-3-5-9)29-12(28)7-6-11(26)27/h6-7,9-10H,1-5,8H2,(H,26,27). The Bertz CT molecular complexity index is 622. The number of alkyl halides is 9. The summed E-state index contributed by atoms with van der Waals surface area (Å²) in [5, 5.41) is 8.40. The first-order valence-electron chi connectivity index (χ1n) is 8.34. The maximum absolute atomic E-state index is 14.0. The molecule has 4 nitrogen and oxygen atoms in total. The fourth-order valence-electron chi connectivity index (χ4n) is 2.93. The third-order valence-corrected chi connectivity index (χ3v) is 4.47. The number of carbonyl (C=O) groups is 2. The highest BCUT2D eigenvalue weighted by atomic mass is 19.4. The summed E-state index contributed by atoms with van der Waals surface area (Å²) in [5.74, 6) is -23.9. The van der Waals surface area contributed by atoms with Crippen molar-refractivity contribution in [1.82, 2.24) is 0 Å². The topological polar surface area (TPSA) is 63.6 Å². The van der Waals surface area contributed by atoms with Crippen LogP contribution in [0.1, 0.15) is 38.5 Å².